The fraction of sp³-hybridized carbons (Fsp3) is 0.600. The maximum atomic E-state index is 8.64. The predicted molar refractivity (Wildman–Crippen MR) is 88.3 cm³/mol. The van der Waals surface area contributed by atoms with Crippen molar-refractivity contribution in [1.29, 1.82) is 10.7 Å². The Balaban J connectivity index is 2.12. The first-order valence-corrected chi connectivity index (χ1v) is 8.03. The van der Waals surface area contributed by atoms with E-state index >= 15 is 0 Å². The monoisotopic (exact) mass is 339 g/mol. The second kappa shape index (κ2) is 7.68. The summed E-state index contributed by atoms with van der Waals surface area (Å²) in [6.07, 6.45) is 6.54. The lowest BCUT2D eigenvalue weighted by Gasteiger charge is -2.45. The van der Waals surface area contributed by atoms with E-state index in [-0.39, 0.29) is 17.1 Å². The number of halogens is 1. The zero-order valence-electron chi connectivity index (χ0n) is 13.3. The standard InChI is InChI=1S/C15H23ClN6O/c1-22(10-18)13(19)7-15(8-23-9-15)11-5-12(16)21-14(6-11)20-4-2-3-17/h5-6,10,12-13,18,20-21H,2,4,7-9,19H2,1H3/p+1. The fourth-order valence-electron chi connectivity index (χ4n) is 2.73. The molecule has 1 saturated heterocycles. The third-order valence-corrected chi connectivity index (χ3v) is 4.48. The second-order valence-electron chi connectivity index (χ2n) is 5.99. The molecule has 0 spiro atoms. The highest BCUT2D eigenvalue weighted by molar-refractivity contribution is 6.21. The molecule has 0 amide bonds. The molecular formula is C15H24ClN6O+. The molecule has 0 bridgehead atoms. The number of hydrogen-bond donors (Lipinski definition) is 4. The van der Waals surface area contributed by atoms with Crippen LogP contribution in [-0.2, 0) is 4.74 Å². The number of alkyl halides is 1. The van der Waals surface area contributed by atoms with E-state index in [0.29, 0.717) is 26.2 Å². The summed E-state index contributed by atoms with van der Waals surface area (Å²) >= 11 is 6.30. The Morgan fingerprint density at radius 2 is 2.48 bits per heavy atom. The van der Waals surface area contributed by atoms with Crippen molar-refractivity contribution >= 4 is 17.9 Å². The molecule has 2 aliphatic rings. The van der Waals surface area contributed by atoms with Crippen molar-refractivity contribution in [3.05, 3.63) is 23.5 Å². The smallest absolute Gasteiger partial charge is 0.161 e. The minimum Gasteiger partial charge on any atom is -0.379 e. The van der Waals surface area contributed by atoms with E-state index in [4.69, 9.17) is 27.0 Å². The van der Waals surface area contributed by atoms with Gasteiger partial charge in [-0.05, 0) is 17.7 Å². The van der Waals surface area contributed by atoms with Crippen molar-refractivity contribution in [3.8, 4) is 6.07 Å². The Kier molecular flexibility index (Phi) is 5.88. The molecule has 0 aromatic rings. The van der Waals surface area contributed by atoms with Gasteiger partial charge in [-0.15, -0.1) is 0 Å². The molecule has 8 heteroatoms. The SMILES string of the molecule is CN(C=N)C([NH3+])CC1(C2=CC(Cl)NC(NCCC#N)=C2)COC1. The molecule has 2 rings (SSSR count). The largest absolute Gasteiger partial charge is 0.379 e. The van der Waals surface area contributed by atoms with E-state index in [1.54, 1.807) is 4.90 Å². The zero-order valence-corrected chi connectivity index (χ0v) is 14.1. The lowest BCUT2D eigenvalue weighted by molar-refractivity contribution is -0.455. The number of ether oxygens (including phenoxy) is 1. The van der Waals surface area contributed by atoms with Crippen LogP contribution in [0.2, 0.25) is 0 Å². The van der Waals surface area contributed by atoms with Crippen molar-refractivity contribution in [2.75, 3.05) is 26.8 Å². The topological polar surface area (TPSA) is 112 Å². The van der Waals surface area contributed by atoms with Gasteiger partial charge in [-0.25, -0.2) is 0 Å². The minimum atomic E-state index is -0.305. The fourth-order valence-corrected chi connectivity index (χ4v) is 2.98. The summed E-state index contributed by atoms with van der Waals surface area (Å²) in [5, 5.41) is 22.3. The molecule has 2 heterocycles. The van der Waals surface area contributed by atoms with Crippen LogP contribution in [0.15, 0.2) is 23.5 Å². The minimum absolute atomic E-state index is 0.00985. The van der Waals surface area contributed by atoms with E-state index in [2.05, 4.69) is 22.4 Å². The van der Waals surface area contributed by atoms with Gasteiger partial charge in [-0.2, -0.15) is 5.26 Å². The number of nitrogens with one attached hydrogen (secondary N) is 3. The van der Waals surface area contributed by atoms with E-state index in [9.17, 15) is 0 Å². The zero-order chi connectivity index (χ0) is 16.9. The molecule has 0 aromatic carbocycles. The average Bonchev–Trinajstić information content (AvgIpc) is 2.49. The van der Waals surface area contributed by atoms with Crippen LogP contribution in [0.1, 0.15) is 12.8 Å². The van der Waals surface area contributed by atoms with Gasteiger partial charge < -0.3 is 26.0 Å². The molecule has 7 nitrogen and oxygen atoms in total. The first-order chi connectivity index (χ1) is 11.0. The first kappa shape index (κ1) is 17.6. The normalized spacial score (nSPS) is 23.3. The van der Waals surface area contributed by atoms with Crippen molar-refractivity contribution in [1.82, 2.24) is 15.5 Å². The van der Waals surface area contributed by atoms with Gasteiger partial charge in [0, 0.05) is 25.4 Å². The van der Waals surface area contributed by atoms with Crippen molar-refractivity contribution in [3.63, 3.8) is 0 Å². The van der Waals surface area contributed by atoms with Crippen LogP contribution < -0.4 is 16.4 Å². The summed E-state index contributed by atoms with van der Waals surface area (Å²) in [4.78, 5) is 1.79. The Hall–Kier alpha value is -1.75. The Labute approximate surface area is 141 Å². The number of allylic oxidation sites excluding steroid dienone is 1. The molecule has 0 aromatic heterocycles. The van der Waals surface area contributed by atoms with Gasteiger partial charge in [0.2, 0.25) is 0 Å². The molecule has 0 aliphatic carbocycles. The summed E-state index contributed by atoms with van der Waals surface area (Å²) in [5.41, 5.74) is 4.83. The maximum absolute atomic E-state index is 8.64. The van der Waals surface area contributed by atoms with Crippen LogP contribution in [0.25, 0.3) is 0 Å². The van der Waals surface area contributed by atoms with Gasteiger partial charge >= 0.3 is 0 Å². The van der Waals surface area contributed by atoms with Crippen molar-refractivity contribution in [2.24, 2.45) is 5.41 Å². The van der Waals surface area contributed by atoms with Gasteiger partial charge in [0.25, 0.3) is 0 Å². The van der Waals surface area contributed by atoms with Crippen LogP contribution in [0.5, 0.6) is 0 Å². The van der Waals surface area contributed by atoms with E-state index in [1.165, 1.54) is 6.34 Å². The molecule has 23 heavy (non-hydrogen) atoms. The third kappa shape index (κ3) is 4.16. The molecule has 1 fully saturated rings. The number of hydrogen-bond acceptors (Lipinski definition) is 5. The molecule has 126 valence electrons. The first-order valence-electron chi connectivity index (χ1n) is 7.59. The van der Waals surface area contributed by atoms with E-state index in [1.807, 2.05) is 19.2 Å². The summed E-state index contributed by atoms with van der Waals surface area (Å²) in [5.74, 6) is 0.824. The highest BCUT2D eigenvalue weighted by Crippen LogP contribution is 2.42. The van der Waals surface area contributed by atoms with Crippen LogP contribution in [0.3, 0.4) is 0 Å². The molecule has 2 unspecified atom stereocenters. The van der Waals surface area contributed by atoms with E-state index in [0.717, 1.165) is 17.8 Å². The van der Waals surface area contributed by atoms with Crippen LogP contribution in [0, 0.1) is 22.2 Å². The Morgan fingerprint density at radius 1 is 1.74 bits per heavy atom. The summed E-state index contributed by atoms with van der Waals surface area (Å²) < 4.78 is 5.47. The van der Waals surface area contributed by atoms with Crippen LogP contribution in [0.4, 0.5) is 0 Å². The number of nitrogens with zero attached hydrogens (tertiary/aromatic N) is 2. The van der Waals surface area contributed by atoms with Gasteiger partial charge in [-0.3, -0.25) is 5.41 Å². The molecular weight excluding hydrogens is 316 g/mol. The Morgan fingerprint density at radius 3 is 3.04 bits per heavy atom. The van der Waals surface area contributed by atoms with Gasteiger partial charge in [0.15, 0.2) is 6.17 Å². The quantitative estimate of drug-likeness (QED) is 0.124. The summed E-state index contributed by atoms with van der Waals surface area (Å²) in [6.45, 7) is 1.83. The van der Waals surface area contributed by atoms with E-state index < -0.39 is 0 Å². The number of dihydropyridines is 1. The van der Waals surface area contributed by atoms with Gasteiger partial charge in [0.1, 0.15) is 11.3 Å². The molecule has 2 atom stereocenters. The number of quaternary nitrogens is 1. The highest BCUT2D eigenvalue weighted by Gasteiger charge is 2.45. The molecule has 6 N–H and O–H groups in total. The van der Waals surface area contributed by atoms with Crippen LogP contribution >= 0.6 is 11.6 Å². The van der Waals surface area contributed by atoms with Crippen molar-refractivity contribution < 1.29 is 10.5 Å². The lowest BCUT2D eigenvalue weighted by atomic mass is 9.73. The molecule has 0 radical (unpaired) electrons. The molecule has 0 saturated carbocycles. The summed E-state index contributed by atoms with van der Waals surface area (Å²) in [7, 11) is 1.85. The highest BCUT2D eigenvalue weighted by atomic mass is 35.5. The number of rotatable bonds is 8. The second-order valence-corrected chi connectivity index (χ2v) is 6.46. The lowest BCUT2D eigenvalue weighted by Crippen LogP contribution is -2.70. The van der Waals surface area contributed by atoms with Gasteiger partial charge in [-0.1, -0.05) is 11.6 Å². The predicted octanol–water partition coefficient (Wildman–Crippen LogP) is -0.0608. The maximum Gasteiger partial charge on any atom is 0.161 e. The molecule has 2 aliphatic heterocycles. The van der Waals surface area contributed by atoms with Crippen LogP contribution in [-0.4, -0.2) is 49.7 Å². The van der Waals surface area contributed by atoms with Gasteiger partial charge in [0.05, 0.1) is 32.0 Å². The average molecular weight is 340 g/mol. The Bertz CT molecular complexity index is 537. The third-order valence-electron chi connectivity index (χ3n) is 4.25. The summed E-state index contributed by atoms with van der Waals surface area (Å²) in [6, 6.07) is 2.11. The number of nitriles is 1. The van der Waals surface area contributed by atoms with Crippen molar-refractivity contribution in [2.45, 2.75) is 24.5 Å².